The largest absolute Gasteiger partial charge is 0.354 e. The molecule has 0 saturated carbocycles. The first-order chi connectivity index (χ1) is 6.54. The molecular formula is C9H13Cl2N3. The molecule has 0 bridgehead atoms. The highest BCUT2D eigenvalue weighted by atomic mass is 35.5. The van der Waals surface area contributed by atoms with Gasteiger partial charge < -0.3 is 4.90 Å². The van der Waals surface area contributed by atoms with E-state index in [4.69, 9.17) is 23.2 Å². The number of hydrogen-bond donors (Lipinski definition) is 0. The van der Waals surface area contributed by atoms with Crippen molar-refractivity contribution in [3.63, 3.8) is 0 Å². The van der Waals surface area contributed by atoms with E-state index < -0.39 is 0 Å². The molecule has 0 atom stereocenters. The van der Waals surface area contributed by atoms with Gasteiger partial charge in [-0.1, -0.05) is 11.6 Å². The highest BCUT2D eigenvalue weighted by molar-refractivity contribution is 6.32. The number of rotatable bonds is 3. The van der Waals surface area contributed by atoms with E-state index in [9.17, 15) is 0 Å². The molecule has 1 heterocycles. The van der Waals surface area contributed by atoms with Crippen molar-refractivity contribution >= 4 is 29.0 Å². The Morgan fingerprint density at radius 1 is 1.36 bits per heavy atom. The molecule has 0 fully saturated rings. The Labute approximate surface area is 94.1 Å². The number of hydrogen-bond acceptors (Lipinski definition) is 3. The molecule has 14 heavy (non-hydrogen) atoms. The number of halogens is 2. The van der Waals surface area contributed by atoms with E-state index in [1.165, 1.54) is 0 Å². The number of anilines is 1. The molecule has 0 unspecified atom stereocenters. The zero-order chi connectivity index (χ0) is 10.7. The summed E-state index contributed by atoms with van der Waals surface area (Å²) in [6.07, 6.45) is 0. The van der Waals surface area contributed by atoms with Crippen LogP contribution in [-0.4, -0.2) is 22.6 Å². The molecule has 1 aromatic heterocycles. The molecule has 0 radical (unpaired) electrons. The second-order valence-electron chi connectivity index (χ2n) is 3.20. The minimum Gasteiger partial charge on any atom is -0.354 e. The van der Waals surface area contributed by atoms with Crippen LogP contribution in [0.3, 0.4) is 0 Å². The van der Waals surface area contributed by atoms with Crippen molar-refractivity contribution in [3.05, 3.63) is 16.5 Å². The molecule has 78 valence electrons. The van der Waals surface area contributed by atoms with Crippen LogP contribution in [0.4, 0.5) is 5.82 Å². The minimum absolute atomic E-state index is 0.187. The highest BCUT2D eigenvalue weighted by Gasteiger charge is 2.11. The summed E-state index contributed by atoms with van der Waals surface area (Å²) in [4.78, 5) is 10.0. The molecule has 1 rings (SSSR count). The van der Waals surface area contributed by atoms with Gasteiger partial charge in [-0.2, -0.15) is 0 Å². The lowest BCUT2D eigenvalue weighted by Gasteiger charge is -2.26. The monoisotopic (exact) mass is 233 g/mol. The molecule has 0 N–H and O–H groups in total. The predicted molar refractivity (Wildman–Crippen MR) is 60.2 cm³/mol. The van der Waals surface area contributed by atoms with Crippen molar-refractivity contribution in [2.75, 3.05) is 11.4 Å². The first-order valence-corrected chi connectivity index (χ1v) is 5.27. The van der Waals surface area contributed by atoms with Crippen molar-refractivity contribution in [3.8, 4) is 0 Å². The van der Waals surface area contributed by atoms with E-state index in [0.717, 1.165) is 12.4 Å². The summed E-state index contributed by atoms with van der Waals surface area (Å²) >= 11 is 11.5. The van der Waals surface area contributed by atoms with Gasteiger partial charge in [-0.3, -0.25) is 0 Å². The molecule has 0 saturated heterocycles. The van der Waals surface area contributed by atoms with Crippen molar-refractivity contribution < 1.29 is 0 Å². The lowest BCUT2D eigenvalue weighted by molar-refractivity contribution is 0.692. The van der Waals surface area contributed by atoms with Gasteiger partial charge >= 0.3 is 0 Å². The fraction of sp³-hybridized carbons (Fsp3) is 0.556. The third-order valence-electron chi connectivity index (χ3n) is 1.91. The molecule has 0 spiro atoms. The second kappa shape index (κ2) is 4.80. The SMILES string of the molecule is CCN(c1cc(Cl)nc(Cl)n1)C(C)C. The molecule has 0 aromatic carbocycles. The van der Waals surface area contributed by atoms with Crippen LogP contribution >= 0.6 is 23.2 Å². The lowest BCUT2D eigenvalue weighted by atomic mass is 10.3. The Morgan fingerprint density at radius 3 is 2.43 bits per heavy atom. The molecule has 0 aliphatic carbocycles. The van der Waals surface area contributed by atoms with Crippen LogP contribution in [0, 0.1) is 0 Å². The Kier molecular flexibility index (Phi) is 3.96. The lowest BCUT2D eigenvalue weighted by Crippen LogP contribution is -2.31. The smallest absolute Gasteiger partial charge is 0.225 e. The van der Waals surface area contributed by atoms with Crippen LogP contribution in [0.15, 0.2) is 6.07 Å². The van der Waals surface area contributed by atoms with Crippen LogP contribution in [0.5, 0.6) is 0 Å². The van der Waals surface area contributed by atoms with Crippen LogP contribution < -0.4 is 4.90 Å². The Bertz CT molecular complexity index is 295. The quantitative estimate of drug-likeness (QED) is 0.594. The zero-order valence-corrected chi connectivity index (χ0v) is 9.97. The fourth-order valence-corrected chi connectivity index (χ4v) is 1.72. The summed E-state index contributed by atoms with van der Waals surface area (Å²) < 4.78 is 0. The highest BCUT2D eigenvalue weighted by Crippen LogP contribution is 2.19. The van der Waals surface area contributed by atoms with Crippen molar-refractivity contribution in [2.45, 2.75) is 26.8 Å². The van der Waals surface area contributed by atoms with E-state index in [1.54, 1.807) is 6.07 Å². The first-order valence-electron chi connectivity index (χ1n) is 4.51. The van der Waals surface area contributed by atoms with Gasteiger partial charge in [0.05, 0.1) is 0 Å². The van der Waals surface area contributed by atoms with E-state index in [-0.39, 0.29) is 5.28 Å². The maximum atomic E-state index is 5.79. The third-order valence-corrected chi connectivity index (χ3v) is 2.28. The van der Waals surface area contributed by atoms with Gasteiger partial charge in [0.2, 0.25) is 5.28 Å². The molecule has 0 aliphatic heterocycles. The van der Waals surface area contributed by atoms with Gasteiger partial charge in [0.15, 0.2) is 0 Å². The average molecular weight is 234 g/mol. The molecule has 0 amide bonds. The van der Waals surface area contributed by atoms with E-state index in [2.05, 4.69) is 35.6 Å². The van der Waals surface area contributed by atoms with Crippen LogP contribution in [0.1, 0.15) is 20.8 Å². The summed E-state index contributed by atoms with van der Waals surface area (Å²) in [5.41, 5.74) is 0. The molecule has 5 heteroatoms. The topological polar surface area (TPSA) is 29.0 Å². The van der Waals surface area contributed by atoms with E-state index in [0.29, 0.717) is 11.2 Å². The Morgan fingerprint density at radius 2 is 2.00 bits per heavy atom. The molecular weight excluding hydrogens is 221 g/mol. The van der Waals surface area contributed by atoms with Gasteiger partial charge in [0.1, 0.15) is 11.0 Å². The van der Waals surface area contributed by atoms with Gasteiger partial charge in [-0.05, 0) is 32.4 Å². The summed E-state index contributed by atoms with van der Waals surface area (Å²) in [6.45, 7) is 7.10. The average Bonchev–Trinajstić information content (AvgIpc) is 2.02. The summed E-state index contributed by atoms with van der Waals surface area (Å²) in [7, 11) is 0. The zero-order valence-electron chi connectivity index (χ0n) is 8.46. The maximum Gasteiger partial charge on any atom is 0.225 e. The van der Waals surface area contributed by atoms with Crippen LogP contribution in [-0.2, 0) is 0 Å². The standard InChI is InChI=1S/C9H13Cl2N3/c1-4-14(6(2)3)8-5-7(10)12-9(11)13-8/h5-6H,4H2,1-3H3. The fourth-order valence-electron chi connectivity index (χ4n) is 1.32. The van der Waals surface area contributed by atoms with Gasteiger partial charge in [0, 0.05) is 18.7 Å². The number of nitrogens with zero attached hydrogens (tertiary/aromatic N) is 3. The summed E-state index contributed by atoms with van der Waals surface area (Å²) in [5.74, 6) is 0.771. The van der Waals surface area contributed by atoms with Crippen molar-refractivity contribution in [1.29, 1.82) is 0 Å². The third kappa shape index (κ3) is 2.72. The van der Waals surface area contributed by atoms with Crippen LogP contribution in [0.2, 0.25) is 10.4 Å². The maximum absolute atomic E-state index is 5.79. The summed E-state index contributed by atoms with van der Waals surface area (Å²) in [6, 6.07) is 2.08. The van der Waals surface area contributed by atoms with E-state index >= 15 is 0 Å². The first kappa shape index (κ1) is 11.5. The molecule has 1 aromatic rings. The van der Waals surface area contributed by atoms with Crippen molar-refractivity contribution in [2.24, 2.45) is 0 Å². The Hall–Kier alpha value is -0.540. The summed E-state index contributed by atoms with van der Waals surface area (Å²) in [5, 5.41) is 0.561. The van der Waals surface area contributed by atoms with Gasteiger partial charge in [-0.25, -0.2) is 9.97 Å². The number of aromatic nitrogens is 2. The van der Waals surface area contributed by atoms with E-state index in [1.807, 2.05) is 0 Å². The Balaban J connectivity index is 3.04. The minimum atomic E-state index is 0.187. The predicted octanol–water partition coefficient (Wildman–Crippen LogP) is 3.02. The van der Waals surface area contributed by atoms with Crippen molar-refractivity contribution in [1.82, 2.24) is 9.97 Å². The van der Waals surface area contributed by atoms with Crippen LogP contribution in [0.25, 0.3) is 0 Å². The van der Waals surface area contributed by atoms with Gasteiger partial charge in [0.25, 0.3) is 0 Å². The normalized spacial score (nSPS) is 10.7. The second-order valence-corrected chi connectivity index (χ2v) is 3.92. The van der Waals surface area contributed by atoms with Gasteiger partial charge in [-0.15, -0.1) is 0 Å². The molecule has 0 aliphatic rings. The molecule has 3 nitrogen and oxygen atoms in total.